The largest absolute Gasteiger partial charge is 0.341 e. The molecule has 2 rings (SSSR count). The lowest BCUT2D eigenvalue weighted by Crippen LogP contribution is -2.55. The van der Waals surface area contributed by atoms with E-state index in [2.05, 4.69) is 26.5 Å². The molecule has 1 aromatic rings. The van der Waals surface area contributed by atoms with Crippen LogP contribution in [0, 0.1) is 0 Å². The number of piperazine rings is 1. The molecule has 6 nitrogen and oxygen atoms in total. The maximum absolute atomic E-state index is 11.9. The predicted octanol–water partition coefficient (Wildman–Crippen LogP) is 1.36. The van der Waals surface area contributed by atoms with Gasteiger partial charge >= 0.3 is 6.03 Å². The summed E-state index contributed by atoms with van der Waals surface area (Å²) in [5, 5.41) is 4.71. The maximum atomic E-state index is 11.9. The van der Waals surface area contributed by atoms with E-state index in [-0.39, 0.29) is 11.9 Å². The first-order valence-electron chi connectivity index (χ1n) is 7.23. The van der Waals surface area contributed by atoms with Gasteiger partial charge in [0.25, 0.3) is 0 Å². The van der Waals surface area contributed by atoms with E-state index in [9.17, 15) is 9.59 Å². The van der Waals surface area contributed by atoms with Crippen LogP contribution in [0.3, 0.4) is 0 Å². The summed E-state index contributed by atoms with van der Waals surface area (Å²) >= 11 is 7.55. The van der Waals surface area contributed by atoms with E-state index in [1.54, 1.807) is 11.3 Å². The van der Waals surface area contributed by atoms with Crippen molar-refractivity contribution < 1.29 is 9.59 Å². The highest BCUT2D eigenvalue weighted by atomic mass is 35.5. The molecule has 1 fully saturated rings. The summed E-state index contributed by atoms with van der Waals surface area (Å²) in [4.78, 5) is 28.8. The van der Waals surface area contributed by atoms with Gasteiger partial charge in [0.15, 0.2) is 0 Å². The lowest BCUT2D eigenvalue weighted by molar-refractivity contribution is -0.125. The van der Waals surface area contributed by atoms with Crippen molar-refractivity contribution in [3.8, 4) is 0 Å². The zero-order valence-corrected chi connectivity index (χ0v) is 14.3. The fraction of sp³-hybridized carbons (Fsp3) is 0.571. The second kappa shape index (κ2) is 7.92. The first-order valence-corrected chi connectivity index (χ1v) is 8.42. The van der Waals surface area contributed by atoms with Crippen molar-refractivity contribution in [3.05, 3.63) is 21.3 Å². The number of urea groups is 1. The zero-order valence-electron chi connectivity index (χ0n) is 12.8. The summed E-state index contributed by atoms with van der Waals surface area (Å²) < 4.78 is 0.813. The van der Waals surface area contributed by atoms with Crippen molar-refractivity contribution in [3.63, 3.8) is 0 Å². The minimum Gasteiger partial charge on any atom is -0.341 e. The molecule has 1 atom stereocenters. The molecular weight excluding hydrogens is 324 g/mol. The van der Waals surface area contributed by atoms with Crippen LogP contribution >= 0.6 is 22.9 Å². The summed E-state index contributed by atoms with van der Waals surface area (Å²) in [6.45, 7) is 6.13. The van der Waals surface area contributed by atoms with Crippen LogP contribution in [0.15, 0.2) is 12.1 Å². The zero-order chi connectivity index (χ0) is 16.1. The van der Waals surface area contributed by atoms with E-state index in [0.29, 0.717) is 0 Å². The van der Waals surface area contributed by atoms with Gasteiger partial charge in [0.05, 0.1) is 10.4 Å². The van der Waals surface area contributed by atoms with Gasteiger partial charge < -0.3 is 5.32 Å². The molecule has 122 valence electrons. The number of hydrogen-bond donors (Lipinski definition) is 2. The standard InChI is InChI=1S/C14H21ClN4O2S/c1-10(13(20)17-14(21)16-2)19-7-5-18(6-8-19)9-11-3-4-12(15)22-11/h3-4,10H,5-9H2,1-2H3,(H2,16,17,20,21)/t10-/m0/s1. The Balaban J connectivity index is 1.78. The maximum Gasteiger partial charge on any atom is 0.321 e. The average molecular weight is 345 g/mol. The number of carbonyl (C=O) groups is 2. The molecule has 1 aliphatic rings. The number of nitrogens with one attached hydrogen (secondary N) is 2. The predicted molar refractivity (Wildman–Crippen MR) is 88.2 cm³/mol. The molecule has 0 radical (unpaired) electrons. The van der Waals surface area contributed by atoms with Crippen LogP contribution in [0.5, 0.6) is 0 Å². The summed E-state index contributed by atoms with van der Waals surface area (Å²) in [6, 6.07) is 3.20. The Hall–Kier alpha value is -1.15. The Morgan fingerprint density at radius 1 is 1.32 bits per heavy atom. The topological polar surface area (TPSA) is 64.7 Å². The molecule has 1 aliphatic heterocycles. The van der Waals surface area contributed by atoms with Crippen LogP contribution in [-0.4, -0.2) is 61.0 Å². The average Bonchev–Trinajstić information content (AvgIpc) is 2.92. The van der Waals surface area contributed by atoms with Crippen molar-refractivity contribution in [2.75, 3.05) is 33.2 Å². The van der Waals surface area contributed by atoms with Crippen LogP contribution in [-0.2, 0) is 11.3 Å². The quantitative estimate of drug-likeness (QED) is 0.865. The van der Waals surface area contributed by atoms with Gasteiger partial charge in [-0.1, -0.05) is 11.6 Å². The molecule has 0 unspecified atom stereocenters. The highest BCUT2D eigenvalue weighted by Gasteiger charge is 2.26. The first-order chi connectivity index (χ1) is 10.5. The van der Waals surface area contributed by atoms with E-state index < -0.39 is 6.03 Å². The van der Waals surface area contributed by atoms with Gasteiger partial charge in [-0.05, 0) is 19.1 Å². The smallest absolute Gasteiger partial charge is 0.321 e. The third-order valence-electron chi connectivity index (χ3n) is 3.81. The highest BCUT2D eigenvalue weighted by Crippen LogP contribution is 2.23. The Kier molecular flexibility index (Phi) is 6.19. The third kappa shape index (κ3) is 4.67. The van der Waals surface area contributed by atoms with Gasteiger partial charge in [-0.15, -0.1) is 11.3 Å². The molecule has 0 aliphatic carbocycles. The lowest BCUT2D eigenvalue weighted by atomic mass is 10.2. The molecule has 8 heteroatoms. The summed E-state index contributed by atoms with van der Waals surface area (Å²) in [7, 11) is 1.49. The van der Waals surface area contributed by atoms with Crippen molar-refractivity contribution in [1.82, 2.24) is 20.4 Å². The Morgan fingerprint density at radius 2 is 2.00 bits per heavy atom. The summed E-state index contributed by atoms with van der Waals surface area (Å²) in [6.07, 6.45) is 0. The van der Waals surface area contributed by atoms with Gasteiger partial charge in [0.1, 0.15) is 0 Å². The Bertz CT molecular complexity index is 529. The summed E-state index contributed by atoms with van der Waals surface area (Å²) in [5.41, 5.74) is 0. The molecule has 0 saturated carbocycles. The van der Waals surface area contributed by atoms with Gasteiger partial charge in [-0.25, -0.2) is 4.79 Å². The molecule has 0 spiro atoms. The monoisotopic (exact) mass is 344 g/mol. The third-order valence-corrected chi connectivity index (χ3v) is 5.02. The van der Waals surface area contributed by atoms with Gasteiger partial charge in [0.2, 0.25) is 5.91 Å². The second-order valence-corrected chi connectivity index (χ2v) is 7.06. The molecular formula is C14H21ClN4O2S. The van der Waals surface area contributed by atoms with Crippen LogP contribution in [0.2, 0.25) is 4.34 Å². The number of nitrogens with zero attached hydrogens (tertiary/aromatic N) is 2. The molecule has 22 heavy (non-hydrogen) atoms. The van der Waals surface area contributed by atoms with Crippen LogP contribution in [0.1, 0.15) is 11.8 Å². The van der Waals surface area contributed by atoms with E-state index in [4.69, 9.17) is 11.6 Å². The number of hydrogen-bond acceptors (Lipinski definition) is 5. The Labute approximate surface area is 139 Å². The highest BCUT2D eigenvalue weighted by molar-refractivity contribution is 7.16. The van der Waals surface area contributed by atoms with Crippen molar-refractivity contribution >= 4 is 34.9 Å². The number of imide groups is 1. The molecule has 0 aromatic carbocycles. The SMILES string of the molecule is CNC(=O)NC(=O)[C@H](C)N1CCN(Cc2ccc(Cl)s2)CC1. The van der Waals surface area contributed by atoms with E-state index in [1.165, 1.54) is 11.9 Å². The fourth-order valence-corrected chi connectivity index (χ4v) is 3.54. The Morgan fingerprint density at radius 3 is 2.55 bits per heavy atom. The van der Waals surface area contributed by atoms with E-state index in [0.717, 1.165) is 37.1 Å². The van der Waals surface area contributed by atoms with Crippen molar-refractivity contribution in [1.29, 1.82) is 0 Å². The number of halogens is 1. The van der Waals surface area contributed by atoms with Crippen molar-refractivity contribution in [2.24, 2.45) is 0 Å². The molecule has 3 amide bonds. The molecule has 2 heterocycles. The minimum absolute atomic E-state index is 0.266. The lowest BCUT2D eigenvalue weighted by Gasteiger charge is -2.37. The van der Waals surface area contributed by atoms with Crippen LogP contribution in [0.4, 0.5) is 4.79 Å². The minimum atomic E-state index is -0.468. The fourth-order valence-electron chi connectivity index (χ4n) is 2.41. The van der Waals surface area contributed by atoms with Gasteiger partial charge in [-0.2, -0.15) is 0 Å². The summed E-state index contributed by atoms with van der Waals surface area (Å²) in [5.74, 6) is -0.266. The molecule has 1 saturated heterocycles. The molecule has 2 N–H and O–H groups in total. The van der Waals surface area contributed by atoms with Crippen LogP contribution < -0.4 is 10.6 Å². The van der Waals surface area contributed by atoms with Crippen molar-refractivity contribution in [2.45, 2.75) is 19.5 Å². The molecule has 1 aromatic heterocycles. The normalized spacial score (nSPS) is 18.0. The van der Waals surface area contributed by atoms with E-state index >= 15 is 0 Å². The number of thiophene rings is 1. The number of carbonyl (C=O) groups excluding carboxylic acids is 2. The van der Waals surface area contributed by atoms with Gasteiger partial charge in [0, 0.05) is 44.6 Å². The van der Waals surface area contributed by atoms with Gasteiger partial charge in [-0.3, -0.25) is 19.9 Å². The second-order valence-electron chi connectivity index (χ2n) is 5.26. The molecule has 0 bridgehead atoms. The van der Waals surface area contributed by atoms with Crippen LogP contribution in [0.25, 0.3) is 0 Å². The first kappa shape index (κ1) is 17.2. The van der Waals surface area contributed by atoms with E-state index in [1.807, 2.05) is 13.0 Å². The number of rotatable bonds is 4. The number of amides is 3.